The van der Waals surface area contributed by atoms with Crippen LogP contribution in [0.5, 0.6) is 0 Å². The summed E-state index contributed by atoms with van der Waals surface area (Å²) < 4.78 is 27.7. The van der Waals surface area contributed by atoms with Gasteiger partial charge in [-0.2, -0.15) is 5.10 Å². The van der Waals surface area contributed by atoms with Crippen LogP contribution in [-0.4, -0.2) is 32.5 Å². The van der Waals surface area contributed by atoms with Crippen LogP contribution >= 0.6 is 11.6 Å². The molecule has 0 fully saturated rings. The highest BCUT2D eigenvalue weighted by Crippen LogP contribution is 2.23. The fraction of sp³-hybridized carbons (Fsp3) is 0.0690. The van der Waals surface area contributed by atoms with Crippen molar-refractivity contribution in [3.63, 3.8) is 0 Å². The van der Waals surface area contributed by atoms with Crippen molar-refractivity contribution in [3.05, 3.63) is 125 Å². The number of hydrogen-bond acceptors (Lipinski definition) is 5. The molecule has 0 aliphatic carbocycles. The fourth-order valence-corrected chi connectivity index (χ4v) is 5.29. The first-order chi connectivity index (χ1) is 18.7. The summed E-state index contributed by atoms with van der Waals surface area (Å²) in [4.78, 5) is 25.5. The number of hydrazone groups is 1. The molecule has 39 heavy (non-hydrogen) atoms. The second kappa shape index (κ2) is 12.4. The summed E-state index contributed by atoms with van der Waals surface area (Å²) in [6.45, 7) is 1.21. The molecule has 4 rings (SSSR count). The smallest absolute Gasteiger partial charge is 0.264 e. The molecule has 0 aliphatic heterocycles. The Morgan fingerprint density at radius 3 is 2.15 bits per heavy atom. The Bertz CT molecular complexity index is 1610. The number of halogens is 1. The van der Waals surface area contributed by atoms with Crippen LogP contribution in [0.15, 0.2) is 119 Å². The zero-order chi connectivity index (χ0) is 27.8. The van der Waals surface area contributed by atoms with Crippen LogP contribution in [0.2, 0.25) is 5.02 Å². The Morgan fingerprint density at radius 1 is 0.821 bits per heavy atom. The summed E-state index contributed by atoms with van der Waals surface area (Å²) in [5.74, 6) is -0.943. The molecule has 0 spiro atoms. The number of rotatable bonds is 9. The van der Waals surface area contributed by atoms with Crippen molar-refractivity contribution in [1.82, 2.24) is 5.43 Å². The van der Waals surface area contributed by atoms with Gasteiger partial charge in [0.05, 0.1) is 16.3 Å². The van der Waals surface area contributed by atoms with Crippen LogP contribution in [0.3, 0.4) is 0 Å². The molecule has 198 valence electrons. The van der Waals surface area contributed by atoms with Gasteiger partial charge in [-0.05, 0) is 67.1 Å². The van der Waals surface area contributed by atoms with Crippen LogP contribution in [0.4, 0.5) is 11.4 Å². The second-order valence-corrected chi connectivity index (χ2v) is 10.7. The Kier molecular flexibility index (Phi) is 8.75. The van der Waals surface area contributed by atoms with E-state index >= 15 is 0 Å². The van der Waals surface area contributed by atoms with Gasteiger partial charge in [-0.1, -0.05) is 66.2 Å². The highest BCUT2D eigenvalue weighted by Gasteiger charge is 2.27. The normalized spacial score (nSPS) is 11.5. The average molecular weight is 561 g/mol. The van der Waals surface area contributed by atoms with Gasteiger partial charge in [0.1, 0.15) is 6.54 Å². The molecule has 10 heteroatoms. The molecule has 8 nitrogen and oxygen atoms in total. The summed E-state index contributed by atoms with van der Waals surface area (Å²) in [6.07, 6.45) is 0. The van der Waals surface area contributed by atoms with E-state index < -0.39 is 22.5 Å². The van der Waals surface area contributed by atoms with Gasteiger partial charge in [0, 0.05) is 16.3 Å². The summed E-state index contributed by atoms with van der Waals surface area (Å²) in [5, 5.41) is 7.42. The van der Waals surface area contributed by atoms with Crippen molar-refractivity contribution < 1.29 is 18.0 Å². The third kappa shape index (κ3) is 7.10. The standard InChI is InChI=1S/C29H25ClN4O4S/c1-21(22-10-9-13-25(19-22)31-29(36)23-11-8-12-24(30)18-23)32-33-28(35)20-34(26-14-4-2-5-15-26)39(37,38)27-16-6-3-7-17-27/h2-19H,20H2,1H3,(H,31,36)(H,33,35)/b32-21-. The van der Waals surface area contributed by atoms with Crippen molar-refractivity contribution in [2.24, 2.45) is 5.10 Å². The van der Waals surface area contributed by atoms with E-state index in [1.54, 1.807) is 104 Å². The molecule has 2 N–H and O–H groups in total. The van der Waals surface area contributed by atoms with E-state index in [1.807, 2.05) is 0 Å². The fourth-order valence-electron chi connectivity index (χ4n) is 3.66. The molecule has 0 bridgehead atoms. The van der Waals surface area contributed by atoms with Crippen molar-refractivity contribution in [2.45, 2.75) is 11.8 Å². The van der Waals surface area contributed by atoms with E-state index in [0.717, 1.165) is 4.31 Å². The maximum atomic E-state index is 13.3. The molecule has 0 radical (unpaired) electrons. The van der Waals surface area contributed by atoms with Gasteiger partial charge in [0.25, 0.3) is 21.8 Å². The van der Waals surface area contributed by atoms with Crippen LogP contribution in [0.25, 0.3) is 0 Å². The van der Waals surface area contributed by atoms with E-state index in [1.165, 1.54) is 12.1 Å². The average Bonchev–Trinajstić information content (AvgIpc) is 2.95. The van der Waals surface area contributed by atoms with E-state index in [9.17, 15) is 18.0 Å². The maximum absolute atomic E-state index is 13.3. The largest absolute Gasteiger partial charge is 0.322 e. The molecule has 2 amide bonds. The summed E-state index contributed by atoms with van der Waals surface area (Å²) >= 11 is 5.97. The lowest BCUT2D eigenvalue weighted by Crippen LogP contribution is -2.39. The summed E-state index contributed by atoms with van der Waals surface area (Å²) in [7, 11) is -4.01. The number of nitrogens with one attached hydrogen (secondary N) is 2. The third-order valence-electron chi connectivity index (χ3n) is 5.64. The zero-order valence-electron chi connectivity index (χ0n) is 20.9. The lowest BCUT2D eigenvalue weighted by molar-refractivity contribution is -0.119. The number of amides is 2. The number of carbonyl (C=O) groups excluding carboxylic acids is 2. The van der Waals surface area contributed by atoms with Crippen LogP contribution < -0.4 is 15.0 Å². The molecule has 0 saturated heterocycles. The van der Waals surface area contributed by atoms with Gasteiger partial charge >= 0.3 is 0 Å². The predicted octanol–water partition coefficient (Wildman–Crippen LogP) is 5.33. The SMILES string of the molecule is C/C(=N/NC(=O)CN(c1ccccc1)S(=O)(=O)c1ccccc1)c1cccc(NC(=O)c2cccc(Cl)c2)c1. The number of para-hydroxylation sites is 1. The van der Waals surface area contributed by atoms with Crippen LogP contribution in [-0.2, 0) is 14.8 Å². The molecular weight excluding hydrogens is 536 g/mol. The molecule has 4 aromatic rings. The highest BCUT2D eigenvalue weighted by molar-refractivity contribution is 7.92. The quantitative estimate of drug-likeness (QED) is 0.213. The number of hydrogen-bond donors (Lipinski definition) is 2. The van der Waals surface area contributed by atoms with Gasteiger partial charge in [-0.15, -0.1) is 0 Å². The minimum atomic E-state index is -4.01. The number of benzene rings is 4. The minimum absolute atomic E-state index is 0.0676. The molecule has 0 aliphatic rings. The topological polar surface area (TPSA) is 108 Å². The van der Waals surface area contributed by atoms with Gasteiger partial charge in [-0.25, -0.2) is 13.8 Å². The lowest BCUT2D eigenvalue weighted by atomic mass is 10.1. The summed E-state index contributed by atoms with van der Waals surface area (Å²) in [6, 6.07) is 29.8. The molecule has 4 aromatic carbocycles. The number of sulfonamides is 1. The first-order valence-electron chi connectivity index (χ1n) is 11.9. The minimum Gasteiger partial charge on any atom is -0.322 e. The molecular formula is C29H25ClN4O4S. The van der Waals surface area contributed by atoms with Crippen LogP contribution in [0.1, 0.15) is 22.8 Å². The van der Waals surface area contributed by atoms with E-state index in [2.05, 4.69) is 15.8 Å². The predicted molar refractivity (Wildman–Crippen MR) is 154 cm³/mol. The molecule has 0 heterocycles. The monoisotopic (exact) mass is 560 g/mol. The van der Waals surface area contributed by atoms with Gasteiger partial charge in [0.2, 0.25) is 0 Å². The molecule has 0 aromatic heterocycles. The number of carbonyl (C=O) groups is 2. The van der Waals surface area contributed by atoms with Crippen LogP contribution in [0, 0.1) is 0 Å². The van der Waals surface area contributed by atoms with Gasteiger partial charge < -0.3 is 5.32 Å². The van der Waals surface area contributed by atoms with Gasteiger partial charge in [-0.3, -0.25) is 13.9 Å². The zero-order valence-corrected chi connectivity index (χ0v) is 22.5. The number of anilines is 2. The Hall–Kier alpha value is -4.47. The van der Waals surface area contributed by atoms with E-state index in [4.69, 9.17) is 11.6 Å². The van der Waals surface area contributed by atoms with Crippen molar-refractivity contribution in [1.29, 1.82) is 0 Å². The third-order valence-corrected chi connectivity index (χ3v) is 7.66. The van der Waals surface area contributed by atoms with Crippen molar-refractivity contribution in [3.8, 4) is 0 Å². The first kappa shape index (κ1) is 27.6. The summed E-state index contributed by atoms with van der Waals surface area (Å²) in [5.41, 5.74) is 4.84. The first-order valence-corrected chi connectivity index (χ1v) is 13.7. The van der Waals surface area contributed by atoms with Gasteiger partial charge in [0.15, 0.2) is 0 Å². The number of nitrogens with zero attached hydrogens (tertiary/aromatic N) is 2. The molecule has 0 atom stereocenters. The molecule has 0 unspecified atom stereocenters. The van der Waals surface area contributed by atoms with Crippen molar-refractivity contribution in [2.75, 3.05) is 16.2 Å². The molecule has 0 saturated carbocycles. The second-order valence-electron chi connectivity index (χ2n) is 8.44. The van der Waals surface area contributed by atoms with E-state index in [-0.39, 0.29) is 10.8 Å². The Morgan fingerprint density at radius 2 is 1.46 bits per heavy atom. The van der Waals surface area contributed by atoms with Crippen molar-refractivity contribution >= 4 is 50.5 Å². The Balaban J connectivity index is 1.48. The Labute approximate surface area is 232 Å². The maximum Gasteiger partial charge on any atom is 0.264 e. The van der Waals surface area contributed by atoms with E-state index in [0.29, 0.717) is 33.2 Å². The highest BCUT2D eigenvalue weighted by atomic mass is 35.5. The lowest BCUT2D eigenvalue weighted by Gasteiger charge is -2.23.